The minimum Gasteiger partial charge on any atom is -0.505 e. The second-order valence-electron chi connectivity index (χ2n) is 4.98. The van der Waals surface area contributed by atoms with E-state index in [9.17, 15) is 13.9 Å². The molecule has 0 aliphatic carbocycles. The minimum absolute atomic E-state index is 0.0413. The third-order valence-electron chi connectivity index (χ3n) is 3.27. The van der Waals surface area contributed by atoms with Crippen molar-refractivity contribution < 1.29 is 23.4 Å². The summed E-state index contributed by atoms with van der Waals surface area (Å²) < 4.78 is 38.3. The summed E-state index contributed by atoms with van der Waals surface area (Å²) >= 11 is 0. The highest BCUT2D eigenvalue weighted by Gasteiger charge is 2.13. The molecular weight excluding hydrogens is 330 g/mol. The average Bonchev–Trinajstić information content (AvgIpc) is 2.61. The molecule has 1 N–H and O–H groups in total. The Morgan fingerprint density at radius 3 is 2.76 bits per heavy atom. The van der Waals surface area contributed by atoms with Crippen LogP contribution in [0.4, 0.5) is 8.78 Å². The van der Waals surface area contributed by atoms with Crippen molar-refractivity contribution in [2.75, 3.05) is 6.61 Å². The first kappa shape index (κ1) is 16.6. The minimum atomic E-state index is -0.819. The van der Waals surface area contributed by atoms with Crippen molar-refractivity contribution in [2.45, 2.75) is 6.92 Å². The van der Waals surface area contributed by atoms with Crippen LogP contribution in [0.2, 0.25) is 0 Å². The van der Waals surface area contributed by atoms with Crippen LogP contribution in [0.3, 0.4) is 0 Å². The van der Waals surface area contributed by atoms with Gasteiger partial charge in [-0.2, -0.15) is 4.98 Å². The summed E-state index contributed by atoms with van der Waals surface area (Å²) in [6.07, 6.45) is 1.40. The van der Waals surface area contributed by atoms with Gasteiger partial charge in [0.25, 0.3) is 0 Å². The number of nitrogens with zero attached hydrogens (tertiary/aromatic N) is 2. The number of hydrogen-bond acceptors (Lipinski definition) is 5. The summed E-state index contributed by atoms with van der Waals surface area (Å²) in [5.74, 6) is -1.24. The zero-order valence-corrected chi connectivity index (χ0v) is 13.2. The third kappa shape index (κ3) is 3.65. The van der Waals surface area contributed by atoms with Gasteiger partial charge in [0.1, 0.15) is 5.75 Å². The number of hydrogen-bond donors (Lipinski definition) is 1. The first-order chi connectivity index (χ1) is 12.1. The van der Waals surface area contributed by atoms with Gasteiger partial charge < -0.3 is 14.6 Å². The van der Waals surface area contributed by atoms with Gasteiger partial charge in [0.2, 0.25) is 5.88 Å². The highest BCUT2D eigenvalue weighted by atomic mass is 19.1. The molecule has 0 radical (unpaired) electrons. The predicted molar refractivity (Wildman–Crippen MR) is 86.7 cm³/mol. The fourth-order valence-corrected chi connectivity index (χ4v) is 2.16. The van der Waals surface area contributed by atoms with E-state index in [-0.39, 0.29) is 23.0 Å². The molecule has 0 unspecified atom stereocenters. The number of phenolic OH excluding ortho intramolecular Hbond substituents is 1. The van der Waals surface area contributed by atoms with Crippen molar-refractivity contribution in [3.63, 3.8) is 0 Å². The molecule has 3 aromatic rings. The lowest BCUT2D eigenvalue weighted by atomic mass is 10.2. The number of benzene rings is 2. The lowest BCUT2D eigenvalue weighted by molar-refractivity contribution is 0.319. The lowest BCUT2D eigenvalue weighted by Crippen LogP contribution is -1.97. The van der Waals surface area contributed by atoms with Gasteiger partial charge in [0, 0.05) is 18.3 Å². The van der Waals surface area contributed by atoms with Crippen LogP contribution in [0, 0.1) is 11.6 Å². The molecule has 25 heavy (non-hydrogen) atoms. The van der Waals surface area contributed by atoms with E-state index in [0.717, 1.165) is 0 Å². The Balaban J connectivity index is 1.90. The highest BCUT2D eigenvalue weighted by molar-refractivity contribution is 5.59. The van der Waals surface area contributed by atoms with E-state index in [1.165, 1.54) is 48.7 Å². The second kappa shape index (κ2) is 7.12. The number of rotatable bonds is 5. The maximum absolute atomic E-state index is 14.0. The van der Waals surface area contributed by atoms with Gasteiger partial charge in [0.15, 0.2) is 29.0 Å². The van der Waals surface area contributed by atoms with Gasteiger partial charge in [-0.3, -0.25) is 0 Å². The Morgan fingerprint density at radius 1 is 1.12 bits per heavy atom. The van der Waals surface area contributed by atoms with Gasteiger partial charge in [0.05, 0.1) is 12.2 Å². The number of phenols is 1. The first-order valence-electron chi connectivity index (χ1n) is 7.49. The normalized spacial score (nSPS) is 10.5. The monoisotopic (exact) mass is 344 g/mol. The van der Waals surface area contributed by atoms with Gasteiger partial charge in [-0.1, -0.05) is 6.07 Å². The van der Waals surface area contributed by atoms with Gasteiger partial charge in [-0.05, 0) is 31.2 Å². The molecule has 1 aromatic heterocycles. The van der Waals surface area contributed by atoms with Crippen molar-refractivity contribution in [3.8, 4) is 34.5 Å². The van der Waals surface area contributed by atoms with Crippen molar-refractivity contribution in [1.29, 1.82) is 0 Å². The van der Waals surface area contributed by atoms with E-state index in [4.69, 9.17) is 9.47 Å². The van der Waals surface area contributed by atoms with Gasteiger partial charge >= 0.3 is 0 Å². The summed E-state index contributed by atoms with van der Waals surface area (Å²) in [7, 11) is 0. The largest absolute Gasteiger partial charge is 0.505 e. The first-order valence-corrected chi connectivity index (χ1v) is 7.49. The maximum atomic E-state index is 14.0. The summed E-state index contributed by atoms with van der Waals surface area (Å²) in [6, 6.07) is 9.68. The number of ether oxygens (including phenoxy) is 2. The quantitative estimate of drug-likeness (QED) is 0.747. The van der Waals surface area contributed by atoms with E-state index >= 15 is 0 Å². The molecule has 0 aliphatic rings. The van der Waals surface area contributed by atoms with Crippen LogP contribution in [-0.2, 0) is 0 Å². The Kier molecular flexibility index (Phi) is 4.74. The molecule has 5 nitrogen and oxygen atoms in total. The second-order valence-corrected chi connectivity index (χ2v) is 4.98. The zero-order valence-electron chi connectivity index (χ0n) is 13.2. The van der Waals surface area contributed by atoms with Crippen LogP contribution in [0.1, 0.15) is 6.92 Å². The fourth-order valence-electron chi connectivity index (χ4n) is 2.16. The van der Waals surface area contributed by atoms with Crippen LogP contribution in [-0.4, -0.2) is 21.7 Å². The Labute approximate surface area is 142 Å². The molecule has 2 aromatic carbocycles. The van der Waals surface area contributed by atoms with E-state index < -0.39 is 17.4 Å². The predicted octanol–water partition coefficient (Wildman–Crippen LogP) is 4.32. The van der Waals surface area contributed by atoms with Crippen molar-refractivity contribution >= 4 is 0 Å². The molecule has 128 valence electrons. The Morgan fingerprint density at radius 2 is 1.96 bits per heavy atom. The van der Waals surface area contributed by atoms with Crippen LogP contribution < -0.4 is 9.47 Å². The van der Waals surface area contributed by atoms with Gasteiger partial charge in [-0.25, -0.2) is 13.8 Å². The van der Waals surface area contributed by atoms with Crippen LogP contribution in [0.5, 0.6) is 23.1 Å². The summed E-state index contributed by atoms with van der Waals surface area (Å²) in [6.45, 7) is 2.06. The molecule has 0 saturated carbocycles. The molecule has 0 amide bonds. The van der Waals surface area contributed by atoms with Crippen LogP contribution in [0.15, 0.2) is 48.7 Å². The SMILES string of the molecule is CCOc1cc(Oc2ccnc(-c3cccc(O)c3F)n2)ccc1F. The summed E-state index contributed by atoms with van der Waals surface area (Å²) in [5.41, 5.74) is 0.0413. The average molecular weight is 344 g/mol. The van der Waals surface area contributed by atoms with E-state index in [0.29, 0.717) is 12.4 Å². The number of aromatic nitrogens is 2. The molecule has 7 heteroatoms. The number of halogens is 2. The fraction of sp³-hybridized carbons (Fsp3) is 0.111. The van der Waals surface area contributed by atoms with E-state index in [1.807, 2.05) is 0 Å². The van der Waals surface area contributed by atoms with E-state index in [1.54, 1.807) is 6.92 Å². The highest BCUT2D eigenvalue weighted by Crippen LogP contribution is 2.29. The van der Waals surface area contributed by atoms with Crippen molar-refractivity contribution in [3.05, 3.63) is 60.3 Å². The molecule has 0 bridgehead atoms. The summed E-state index contributed by atoms with van der Waals surface area (Å²) in [5, 5.41) is 9.46. The smallest absolute Gasteiger partial charge is 0.222 e. The molecule has 0 atom stereocenters. The molecule has 0 aliphatic heterocycles. The number of aromatic hydroxyl groups is 1. The Bertz CT molecular complexity index is 903. The van der Waals surface area contributed by atoms with Crippen molar-refractivity contribution in [2.24, 2.45) is 0 Å². The maximum Gasteiger partial charge on any atom is 0.222 e. The summed E-state index contributed by atoms with van der Waals surface area (Å²) in [4.78, 5) is 8.11. The topological polar surface area (TPSA) is 64.5 Å². The van der Waals surface area contributed by atoms with Crippen molar-refractivity contribution in [1.82, 2.24) is 9.97 Å². The third-order valence-corrected chi connectivity index (χ3v) is 3.27. The molecule has 0 fully saturated rings. The van der Waals surface area contributed by atoms with Crippen LogP contribution in [0.25, 0.3) is 11.4 Å². The van der Waals surface area contributed by atoms with Crippen LogP contribution >= 0.6 is 0 Å². The lowest BCUT2D eigenvalue weighted by Gasteiger charge is -2.09. The van der Waals surface area contributed by atoms with Gasteiger partial charge in [-0.15, -0.1) is 0 Å². The molecule has 3 rings (SSSR count). The zero-order chi connectivity index (χ0) is 17.8. The Hall–Kier alpha value is -3.22. The molecule has 0 spiro atoms. The molecule has 1 heterocycles. The van der Waals surface area contributed by atoms with E-state index in [2.05, 4.69) is 9.97 Å². The molecule has 0 saturated heterocycles. The standard InChI is InChI=1S/C18H14F2N2O3/c1-2-24-15-10-11(6-7-13(15)19)25-16-8-9-21-18(22-16)12-4-3-5-14(23)17(12)20/h3-10,23H,2H2,1H3. The molecular formula is C18H14F2N2O3.